The lowest BCUT2D eigenvalue weighted by atomic mass is 10.2. The number of rotatable bonds is 9. The molecule has 9 nitrogen and oxygen atoms in total. The highest BCUT2D eigenvalue weighted by atomic mass is 32.1. The van der Waals surface area contributed by atoms with E-state index in [0.717, 1.165) is 16.9 Å². The maximum atomic E-state index is 13.1. The molecular weight excluding hydrogens is 462 g/mol. The third-order valence-corrected chi connectivity index (χ3v) is 7.38. The smallest absolute Gasteiger partial charge is 0.263 e. The van der Waals surface area contributed by atoms with Crippen molar-refractivity contribution in [1.82, 2.24) is 24.7 Å². The van der Waals surface area contributed by atoms with Crippen LogP contribution in [-0.4, -0.2) is 84.2 Å². The number of nitrogens with zero attached hydrogens (tertiary/aromatic N) is 4. The quantitative estimate of drug-likeness (QED) is 0.458. The van der Waals surface area contributed by atoms with Gasteiger partial charge in [0.15, 0.2) is 0 Å². The highest BCUT2D eigenvalue weighted by Crippen LogP contribution is 2.33. The monoisotopic (exact) mass is 489 g/mol. The van der Waals surface area contributed by atoms with Crippen molar-refractivity contribution in [2.75, 3.05) is 53.0 Å². The molecule has 0 aromatic carbocycles. The molecule has 33 heavy (non-hydrogen) atoms. The first-order chi connectivity index (χ1) is 16.1. The minimum Gasteiger partial charge on any atom is -0.385 e. The third-order valence-electron chi connectivity index (χ3n) is 5.59. The minimum atomic E-state index is -0.193. The van der Waals surface area contributed by atoms with Crippen LogP contribution < -0.4 is 10.9 Å². The average Bonchev–Trinajstić information content (AvgIpc) is 3.49. The van der Waals surface area contributed by atoms with Gasteiger partial charge in [0.2, 0.25) is 11.8 Å². The molecule has 3 aromatic heterocycles. The lowest BCUT2D eigenvalue weighted by Crippen LogP contribution is -2.52. The van der Waals surface area contributed by atoms with Crippen molar-refractivity contribution < 1.29 is 14.3 Å². The molecule has 0 aliphatic carbocycles. The van der Waals surface area contributed by atoms with Gasteiger partial charge in [0.1, 0.15) is 11.4 Å². The molecule has 1 saturated heterocycles. The molecule has 1 aliphatic rings. The second-order valence-electron chi connectivity index (χ2n) is 7.84. The van der Waals surface area contributed by atoms with Gasteiger partial charge >= 0.3 is 0 Å². The first-order valence-corrected chi connectivity index (χ1v) is 12.6. The summed E-state index contributed by atoms with van der Waals surface area (Å²) in [4.78, 5) is 47.9. The number of carbonyl (C=O) groups excluding carboxylic acids is 2. The van der Waals surface area contributed by atoms with E-state index in [1.165, 1.54) is 22.2 Å². The number of hydrogen-bond donors (Lipinski definition) is 1. The van der Waals surface area contributed by atoms with Gasteiger partial charge in [-0.05, 0) is 17.9 Å². The van der Waals surface area contributed by atoms with Crippen molar-refractivity contribution in [3.63, 3.8) is 0 Å². The molecule has 0 spiro atoms. The summed E-state index contributed by atoms with van der Waals surface area (Å²) < 4.78 is 6.37. The topological polar surface area (TPSA) is 96.8 Å². The van der Waals surface area contributed by atoms with E-state index in [0.29, 0.717) is 56.1 Å². The zero-order chi connectivity index (χ0) is 23.2. The van der Waals surface area contributed by atoms with E-state index in [1.807, 2.05) is 27.8 Å². The number of ether oxygens (including phenoxy) is 1. The summed E-state index contributed by atoms with van der Waals surface area (Å²) in [6.07, 6.45) is 2.24. The molecule has 4 rings (SSSR count). The predicted molar refractivity (Wildman–Crippen MR) is 130 cm³/mol. The molecule has 0 bridgehead atoms. The van der Waals surface area contributed by atoms with Gasteiger partial charge in [0, 0.05) is 62.3 Å². The Kier molecular flexibility index (Phi) is 7.86. The van der Waals surface area contributed by atoms with Gasteiger partial charge in [0.05, 0.1) is 18.3 Å². The maximum Gasteiger partial charge on any atom is 0.263 e. The zero-order valence-corrected chi connectivity index (χ0v) is 20.1. The first-order valence-electron chi connectivity index (χ1n) is 10.8. The SMILES string of the molecule is COCCCNC(=O)CN1CCN(C(=O)Cn2cnc3scc(-c4cccs4)c3c2=O)CC1. The highest BCUT2D eigenvalue weighted by Gasteiger charge is 2.23. The molecule has 0 unspecified atom stereocenters. The number of nitrogens with one attached hydrogen (secondary N) is 1. The fraction of sp³-hybridized carbons (Fsp3) is 0.455. The van der Waals surface area contributed by atoms with E-state index >= 15 is 0 Å². The molecular formula is C22H27N5O4S2. The third kappa shape index (κ3) is 5.67. The Labute approximate surface area is 199 Å². The molecule has 1 N–H and O–H groups in total. The van der Waals surface area contributed by atoms with Gasteiger partial charge in [-0.2, -0.15) is 0 Å². The van der Waals surface area contributed by atoms with Crippen LogP contribution in [0.5, 0.6) is 0 Å². The Hall–Kier alpha value is -2.60. The van der Waals surface area contributed by atoms with E-state index in [-0.39, 0.29) is 23.9 Å². The van der Waals surface area contributed by atoms with Crippen molar-refractivity contribution >= 4 is 44.7 Å². The van der Waals surface area contributed by atoms with Crippen molar-refractivity contribution in [2.45, 2.75) is 13.0 Å². The Morgan fingerprint density at radius 1 is 1.18 bits per heavy atom. The summed E-state index contributed by atoms with van der Waals surface area (Å²) in [7, 11) is 1.64. The predicted octanol–water partition coefficient (Wildman–Crippen LogP) is 1.48. The van der Waals surface area contributed by atoms with Crippen LogP contribution >= 0.6 is 22.7 Å². The van der Waals surface area contributed by atoms with Crippen LogP contribution in [0, 0.1) is 0 Å². The standard InChI is InChI=1S/C22H27N5O4S2/c1-31-10-3-5-23-18(28)12-25-6-8-26(9-7-25)19(29)13-27-15-24-21-20(22(27)30)16(14-33-21)17-4-2-11-32-17/h2,4,11,14-15H,3,5-10,12-13H2,1H3,(H,23,28). The van der Waals surface area contributed by atoms with Crippen LogP contribution in [0.1, 0.15) is 6.42 Å². The molecule has 2 amide bonds. The summed E-state index contributed by atoms with van der Waals surface area (Å²) >= 11 is 3.01. The Balaban J connectivity index is 1.33. The molecule has 3 aromatic rings. The van der Waals surface area contributed by atoms with Crippen LogP contribution in [0.25, 0.3) is 20.7 Å². The van der Waals surface area contributed by atoms with E-state index in [9.17, 15) is 14.4 Å². The van der Waals surface area contributed by atoms with Crippen molar-refractivity contribution in [3.8, 4) is 10.4 Å². The fourth-order valence-electron chi connectivity index (χ4n) is 3.80. The summed E-state index contributed by atoms with van der Waals surface area (Å²) in [5.74, 6) is -0.135. The Bertz CT molecular complexity index is 1150. The molecule has 11 heteroatoms. The second-order valence-corrected chi connectivity index (χ2v) is 9.64. The van der Waals surface area contributed by atoms with Gasteiger partial charge in [-0.1, -0.05) is 6.07 Å². The molecule has 0 radical (unpaired) electrons. The average molecular weight is 490 g/mol. The van der Waals surface area contributed by atoms with E-state index in [2.05, 4.69) is 10.3 Å². The van der Waals surface area contributed by atoms with Gasteiger partial charge in [-0.15, -0.1) is 22.7 Å². The minimum absolute atomic E-state index is 0.0193. The molecule has 1 aliphatic heterocycles. The molecule has 0 atom stereocenters. The van der Waals surface area contributed by atoms with Crippen LogP contribution in [0.3, 0.4) is 0 Å². The number of amides is 2. The number of thiophene rings is 2. The van der Waals surface area contributed by atoms with Crippen molar-refractivity contribution in [2.24, 2.45) is 0 Å². The molecule has 4 heterocycles. The summed E-state index contributed by atoms with van der Waals surface area (Å²) in [6.45, 7) is 3.79. The van der Waals surface area contributed by atoms with E-state index in [4.69, 9.17) is 4.74 Å². The molecule has 1 fully saturated rings. The fourth-order valence-corrected chi connectivity index (χ4v) is 5.52. The summed E-state index contributed by atoms with van der Waals surface area (Å²) in [5, 5.41) is 7.37. The molecule has 0 saturated carbocycles. The number of aromatic nitrogens is 2. The largest absolute Gasteiger partial charge is 0.385 e. The summed E-state index contributed by atoms with van der Waals surface area (Å²) in [5.41, 5.74) is 0.681. The van der Waals surface area contributed by atoms with Gasteiger partial charge in [-0.3, -0.25) is 23.9 Å². The Morgan fingerprint density at radius 2 is 2.00 bits per heavy atom. The maximum absolute atomic E-state index is 13.1. The normalized spacial score (nSPS) is 14.6. The number of hydrogen-bond acceptors (Lipinski definition) is 8. The van der Waals surface area contributed by atoms with Crippen LogP contribution in [0.4, 0.5) is 0 Å². The van der Waals surface area contributed by atoms with E-state index in [1.54, 1.807) is 23.3 Å². The number of piperazine rings is 1. The highest BCUT2D eigenvalue weighted by molar-refractivity contribution is 7.18. The van der Waals surface area contributed by atoms with Crippen LogP contribution in [0.2, 0.25) is 0 Å². The van der Waals surface area contributed by atoms with E-state index < -0.39 is 0 Å². The second kappa shape index (κ2) is 11.0. The first kappa shape index (κ1) is 23.6. The van der Waals surface area contributed by atoms with Gasteiger partial charge in [0.25, 0.3) is 5.56 Å². The van der Waals surface area contributed by atoms with Crippen molar-refractivity contribution in [1.29, 1.82) is 0 Å². The summed E-state index contributed by atoms with van der Waals surface area (Å²) in [6, 6.07) is 3.93. The number of methoxy groups -OCH3 is 1. The lowest BCUT2D eigenvalue weighted by molar-refractivity contribution is -0.134. The van der Waals surface area contributed by atoms with Crippen molar-refractivity contribution in [3.05, 3.63) is 39.6 Å². The van der Waals surface area contributed by atoms with Crippen LogP contribution in [-0.2, 0) is 20.9 Å². The van der Waals surface area contributed by atoms with Gasteiger partial charge < -0.3 is 15.0 Å². The zero-order valence-electron chi connectivity index (χ0n) is 18.5. The Morgan fingerprint density at radius 3 is 2.73 bits per heavy atom. The number of fused-ring (bicyclic) bond motifs is 1. The number of carbonyl (C=O) groups is 2. The lowest BCUT2D eigenvalue weighted by Gasteiger charge is -2.34. The van der Waals surface area contributed by atoms with Crippen LogP contribution in [0.15, 0.2) is 34.0 Å². The molecule has 176 valence electrons. The van der Waals surface area contributed by atoms with Gasteiger partial charge in [-0.25, -0.2) is 4.98 Å².